The molecule has 0 N–H and O–H groups in total. The highest BCUT2D eigenvalue weighted by Crippen LogP contribution is 2.18. The minimum absolute atomic E-state index is 0.294. The average molecular weight is 274 g/mol. The molecular formula is C13H26O4Si. The van der Waals surface area contributed by atoms with Gasteiger partial charge in [-0.15, -0.1) is 0 Å². The van der Waals surface area contributed by atoms with Gasteiger partial charge in [0.2, 0.25) is 0 Å². The third kappa shape index (κ3) is 7.48. The van der Waals surface area contributed by atoms with E-state index in [9.17, 15) is 9.59 Å². The number of ether oxygens (including phenoxy) is 2. The summed E-state index contributed by atoms with van der Waals surface area (Å²) in [6.07, 6.45) is 1.40. The lowest BCUT2D eigenvalue weighted by atomic mass is 10.0. The maximum atomic E-state index is 11.7. The van der Waals surface area contributed by atoms with E-state index in [1.807, 2.05) is 0 Å². The van der Waals surface area contributed by atoms with E-state index in [2.05, 4.69) is 19.6 Å². The van der Waals surface area contributed by atoms with E-state index >= 15 is 0 Å². The van der Waals surface area contributed by atoms with Crippen LogP contribution < -0.4 is 0 Å². The Balaban J connectivity index is 4.38. The highest BCUT2D eigenvalue weighted by molar-refractivity contribution is 6.76. The summed E-state index contributed by atoms with van der Waals surface area (Å²) in [6.45, 7) is 10.9. The molecule has 0 rings (SSSR count). The highest BCUT2D eigenvalue weighted by atomic mass is 28.3. The van der Waals surface area contributed by atoms with E-state index < -0.39 is 25.9 Å². The molecule has 0 aromatic heterocycles. The van der Waals surface area contributed by atoms with Crippen molar-refractivity contribution in [3.8, 4) is 0 Å². The van der Waals surface area contributed by atoms with Crippen LogP contribution in [0.25, 0.3) is 0 Å². The molecule has 106 valence electrons. The van der Waals surface area contributed by atoms with E-state index in [1.165, 1.54) is 0 Å². The Labute approximate surface area is 111 Å². The zero-order chi connectivity index (χ0) is 14.2. The number of rotatable bonds is 8. The maximum absolute atomic E-state index is 11.7. The first kappa shape index (κ1) is 17.2. The Kier molecular flexibility index (Phi) is 7.90. The molecule has 0 amide bonds. The van der Waals surface area contributed by atoms with Gasteiger partial charge in [0.25, 0.3) is 0 Å². The van der Waals surface area contributed by atoms with Crippen molar-refractivity contribution in [2.75, 3.05) is 13.2 Å². The van der Waals surface area contributed by atoms with Crippen molar-refractivity contribution in [2.24, 2.45) is 5.92 Å². The molecule has 0 saturated carbocycles. The summed E-state index contributed by atoms with van der Waals surface area (Å²) in [5.41, 5.74) is 0. The number of esters is 2. The monoisotopic (exact) mass is 274 g/mol. The van der Waals surface area contributed by atoms with Gasteiger partial charge in [-0.2, -0.15) is 0 Å². The summed E-state index contributed by atoms with van der Waals surface area (Å²) in [4.78, 5) is 23.4. The molecule has 0 spiro atoms. The van der Waals surface area contributed by atoms with Crippen LogP contribution in [0, 0.1) is 5.92 Å². The van der Waals surface area contributed by atoms with Crippen molar-refractivity contribution in [1.29, 1.82) is 0 Å². The highest BCUT2D eigenvalue weighted by Gasteiger charge is 2.29. The summed E-state index contributed by atoms with van der Waals surface area (Å²) in [6, 6.07) is 1.10. The predicted molar refractivity (Wildman–Crippen MR) is 74.1 cm³/mol. The predicted octanol–water partition coefficient (Wildman–Crippen LogP) is 2.85. The zero-order valence-electron chi connectivity index (χ0n) is 12.2. The van der Waals surface area contributed by atoms with Crippen LogP contribution in [0.2, 0.25) is 25.7 Å². The van der Waals surface area contributed by atoms with Gasteiger partial charge in [0.15, 0.2) is 5.92 Å². The molecule has 0 atom stereocenters. The van der Waals surface area contributed by atoms with Gasteiger partial charge in [-0.25, -0.2) is 0 Å². The Morgan fingerprint density at radius 3 is 1.78 bits per heavy atom. The quantitative estimate of drug-likeness (QED) is 0.388. The maximum Gasteiger partial charge on any atom is 0.320 e. The summed E-state index contributed by atoms with van der Waals surface area (Å²) >= 11 is 0. The largest absolute Gasteiger partial charge is 0.465 e. The van der Waals surface area contributed by atoms with E-state index in [0.717, 1.165) is 12.5 Å². The Morgan fingerprint density at radius 1 is 1.00 bits per heavy atom. The fourth-order valence-electron chi connectivity index (χ4n) is 1.65. The van der Waals surface area contributed by atoms with E-state index in [-0.39, 0.29) is 0 Å². The first-order valence-electron chi connectivity index (χ1n) is 6.65. The lowest BCUT2D eigenvalue weighted by molar-refractivity contribution is -0.161. The SMILES string of the molecule is CCOC(=O)C(CCC[Si](C)(C)C)C(=O)OCC. The van der Waals surface area contributed by atoms with Gasteiger partial charge in [-0.3, -0.25) is 9.59 Å². The first-order valence-corrected chi connectivity index (χ1v) is 10.4. The summed E-state index contributed by atoms with van der Waals surface area (Å²) in [7, 11) is -1.13. The topological polar surface area (TPSA) is 52.6 Å². The average Bonchev–Trinajstić information content (AvgIpc) is 2.23. The smallest absolute Gasteiger partial charge is 0.320 e. The summed E-state index contributed by atoms with van der Waals surface area (Å²) < 4.78 is 9.85. The van der Waals surface area contributed by atoms with Crippen LogP contribution in [-0.2, 0) is 19.1 Å². The van der Waals surface area contributed by atoms with E-state index in [4.69, 9.17) is 9.47 Å². The second-order valence-corrected chi connectivity index (χ2v) is 11.1. The van der Waals surface area contributed by atoms with Crippen molar-refractivity contribution >= 4 is 20.0 Å². The second kappa shape index (κ2) is 8.29. The number of hydrogen-bond acceptors (Lipinski definition) is 4. The van der Waals surface area contributed by atoms with Gasteiger partial charge < -0.3 is 9.47 Å². The minimum Gasteiger partial charge on any atom is -0.465 e. The third-order valence-electron chi connectivity index (χ3n) is 2.56. The van der Waals surface area contributed by atoms with Gasteiger partial charge in [0.1, 0.15) is 0 Å². The summed E-state index contributed by atoms with van der Waals surface area (Å²) in [5.74, 6) is -1.65. The molecule has 0 aliphatic heterocycles. The molecule has 0 aromatic carbocycles. The van der Waals surface area contributed by atoms with Gasteiger partial charge in [0.05, 0.1) is 13.2 Å². The summed E-state index contributed by atoms with van der Waals surface area (Å²) in [5, 5.41) is 0. The van der Waals surface area contributed by atoms with Crippen molar-refractivity contribution in [3.63, 3.8) is 0 Å². The molecule has 0 fully saturated rings. The van der Waals surface area contributed by atoms with Crippen LogP contribution in [0.15, 0.2) is 0 Å². The first-order chi connectivity index (χ1) is 8.31. The molecule has 0 saturated heterocycles. The van der Waals surface area contributed by atoms with Gasteiger partial charge in [0, 0.05) is 8.07 Å². The molecule has 0 bridgehead atoms. The Bertz CT molecular complexity index is 253. The number of carbonyl (C=O) groups excluding carboxylic acids is 2. The van der Waals surface area contributed by atoms with Crippen LogP contribution in [0.1, 0.15) is 26.7 Å². The van der Waals surface area contributed by atoms with Crippen LogP contribution in [-0.4, -0.2) is 33.2 Å². The Hall–Kier alpha value is -0.843. The molecule has 0 aliphatic carbocycles. The fraction of sp³-hybridized carbons (Fsp3) is 0.846. The van der Waals surface area contributed by atoms with Gasteiger partial charge in [-0.05, 0) is 20.3 Å². The molecule has 0 aromatic rings. The van der Waals surface area contributed by atoms with Gasteiger partial charge in [-0.1, -0.05) is 32.1 Å². The van der Waals surface area contributed by atoms with Crippen molar-refractivity contribution < 1.29 is 19.1 Å². The lowest BCUT2D eigenvalue weighted by Crippen LogP contribution is -2.29. The van der Waals surface area contributed by atoms with Crippen LogP contribution in [0.5, 0.6) is 0 Å². The molecule has 5 heteroatoms. The normalized spacial score (nSPS) is 11.4. The van der Waals surface area contributed by atoms with E-state index in [0.29, 0.717) is 19.6 Å². The second-order valence-electron chi connectivity index (χ2n) is 5.51. The molecule has 0 aliphatic rings. The fourth-order valence-corrected chi connectivity index (χ4v) is 2.92. The van der Waals surface area contributed by atoms with E-state index in [1.54, 1.807) is 13.8 Å². The molecular weight excluding hydrogens is 248 g/mol. The van der Waals surface area contributed by atoms with Crippen LogP contribution >= 0.6 is 0 Å². The van der Waals surface area contributed by atoms with Crippen molar-refractivity contribution in [2.45, 2.75) is 52.4 Å². The van der Waals surface area contributed by atoms with Crippen LogP contribution in [0.3, 0.4) is 0 Å². The molecule has 0 heterocycles. The number of carbonyl (C=O) groups is 2. The zero-order valence-corrected chi connectivity index (χ0v) is 13.2. The lowest BCUT2D eigenvalue weighted by Gasteiger charge is -2.18. The molecule has 0 unspecified atom stereocenters. The minimum atomic E-state index is -1.13. The molecule has 18 heavy (non-hydrogen) atoms. The number of hydrogen-bond donors (Lipinski definition) is 0. The third-order valence-corrected chi connectivity index (χ3v) is 4.42. The molecule has 0 radical (unpaired) electrons. The molecule has 4 nitrogen and oxygen atoms in total. The Morgan fingerprint density at radius 2 is 1.44 bits per heavy atom. The van der Waals surface area contributed by atoms with Gasteiger partial charge >= 0.3 is 11.9 Å². The van der Waals surface area contributed by atoms with Crippen molar-refractivity contribution in [1.82, 2.24) is 0 Å². The van der Waals surface area contributed by atoms with Crippen molar-refractivity contribution in [3.05, 3.63) is 0 Å². The standard InChI is InChI=1S/C13H26O4Si/c1-6-16-12(14)11(13(15)17-7-2)9-8-10-18(3,4)5/h11H,6-10H2,1-5H3. The van der Waals surface area contributed by atoms with Crippen LogP contribution in [0.4, 0.5) is 0 Å².